The molecule has 0 aromatic carbocycles. The molecule has 0 aromatic rings. The van der Waals surface area contributed by atoms with Gasteiger partial charge in [-0.1, -0.05) is 12.8 Å². The molecular formula is C10H24N2. The lowest BCUT2D eigenvalue weighted by Gasteiger charge is -2.45. The Morgan fingerprint density at radius 2 is 1.83 bits per heavy atom. The topological polar surface area (TPSA) is 24.1 Å². The van der Waals surface area contributed by atoms with Crippen LogP contribution in [-0.2, 0) is 0 Å². The Morgan fingerprint density at radius 3 is 2.58 bits per heavy atom. The Bertz CT molecular complexity index is 174. The smallest absolute Gasteiger partial charge is 0.0252 e. The van der Waals surface area contributed by atoms with Gasteiger partial charge in [0.15, 0.2) is 0 Å². The summed E-state index contributed by atoms with van der Waals surface area (Å²) in [6.45, 7) is 5.68. The molecule has 2 fully saturated rings. The normalized spacial score (nSPS) is 40.5. The average Bonchev–Trinajstić information content (AvgIpc) is 2.02. The van der Waals surface area contributed by atoms with Crippen LogP contribution in [-0.4, -0.2) is 24.2 Å². The Labute approximate surface area is 78.1 Å². The zero-order valence-corrected chi connectivity index (χ0v) is 8.19. The second kappa shape index (κ2) is 3.00. The molecule has 2 N–H and O–H groups in total. The zero-order chi connectivity index (χ0) is 8.60. The second-order valence-electron chi connectivity index (χ2n) is 4.91. The first-order chi connectivity index (χ1) is 5.67. The molecule has 2 rings (SSSR count). The molecule has 2 atom stereocenters. The molecule has 1 saturated carbocycles. The highest BCUT2D eigenvalue weighted by Gasteiger charge is 2.34. The molecule has 2 heteroatoms. The minimum absolute atomic E-state index is 0. The molecule has 1 saturated heterocycles. The minimum atomic E-state index is 0. The van der Waals surface area contributed by atoms with Crippen molar-refractivity contribution in [2.24, 2.45) is 0 Å². The lowest BCUT2D eigenvalue weighted by atomic mass is 9.85. The summed E-state index contributed by atoms with van der Waals surface area (Å²) >= 11 is 0. The minimum Gasteiger partial charge on any atom is -0.311 e. The van der Waals surface area contributed by atoms with Crippen molar-refractivity contribution < 1.29 is 2.85 Å². The van der Waals surface area contributed by atoms with E-state index in [1.54, 1.807) is 0 Å². The van der Waals surface area contributed by atoms with Crippen LogP contribution in [0.2, 0.25) is 0 Å². The van der Waals surface area contributed by atoms with Gasteiger partial charge in [-0.05, 0) is 26.7 Å². The van der Waals surface area contributed by atoms with Crippen molar-refractivity contribution in [2.75, 3.05) is 6.54 Å². The standard InChI is InChI=1S/C10H20N2.2H2/c1-10(2)7-11-8-5-3-4-6-9(8)12-10;;/h8-9,11-12H,3-7H2,1-2H3;2*1H/t8-,9?;;/m1../s1. The molecule has 2 aliphatic rings. The van der Waals surface area contributed by atoms with Crippen molar-refractivity contribution in [3.63, 3.8) is 0 Å². The van der Waals surface area contributed by atoms with Crippen LogP contribution in [0.4, 0.5) is 0 Å². The van der Waals surface area contributed by atoms with E-state index in [-0.39, 0.29) is 2.85 Å². The van der Waals surface area contributed by atoms with Crippen LogP contribution in [0.15, 0.2) is 0 Å². The molecule has 0 spiro atoms. The zero-order valence-electron chi connectivity index (χ0n) is 8.19. The van der Waals surface area contributed by atoms with E-state index in [0.29, 0.717) is 5.54 Å². The van der Waals surface area contributed by atoms with Gasteiger partial charge in [0.05, 0.1) is 0 Å². The van der Waals surface area contributed by atoms with Gasteiger partial charge in [-0.2, -0.15) is 0 Å². The van der Waals surface area contributed by atoms with E-state index in [1.807, 2.05) is 0 Å². The molecule has 0 amide bonds. The van der Waals surface area contributed by atoms with Crippen molar-refractivity contribution in [1.82, 2.24) is 10.6 Å². The molecular weight excluding hydrogens is 148 g/mol. The Kier molecular flexibility index (Phi) is 2.13. The second-order valence-corrected chi connectivity index (χ2v) is 4.91. The molecule has 0 bridgehead atoms. The quantitative estimate of drug-likeness (QED) is 0.582. The third kappa shape index (κ3) is 1.64. The fourth-order valence-electron chi connectivity index (χ4n) is 2.49. The van der Waals surface area contributed by atoms with Gasteiger partial charge in [0.25, 0.3) is 0 Å². The average molecular weight is 172 g/mol. The van der Waals surface area contributed by atoms with E-state index in [4.69, 9.17) is 0 Å². The van der Waals surface area contributed by atoms with Crippen LogP contribution in [0.3, 0.4) is 0 Å². The molecule has 0 radical (unpaired) electrons. The van der Waals surface area contributed by atoms with Crippen LogP contribution >= 0.6 is 0 Å². The van der Waals surface area contributed by atoms with Gasteiger partial charge in [-0.3, -0.25) is 0 Å². The summed E-state index contributed by atoms with van der Waals surface area (Å²) in [5.41, 5.74) is 0.304. The summed E-state index contributed by atoms with van der Waals surface area (Å²) in [7, 11) is 0. The van der Waals surface area contributed by atoms with Crippen LogP contribution in [0.25, 0.3) is 0 Å². The summed E-state index contributed by atoms with van der Waals surface area (Å²) in [4.78, 5) is 0. The molecule has 1 heterocycles. The third-order valence-corrected chi connectivity index (χ3v) is 3.15. The van der Waals surface area contributed by atoms with Gasteiger partial charge in [-0.15, -0.1) is 0 Å². The van der Waals surface area contributed by atoms with E-state index in [9.17, 15) is 0 Å². The van der Waals surface area contributed by atoms with Crippen molar-refractivity contribution in [1.29, 1.82) is 0 Å². The highest BCUT2D eigenvalue weighted by atomic mass is 15.1. The number of rotatable bonds is 0. The summed E-state index contributed by atoms with van der Waals surface area (Å²) in [5, 5.41) is 7.38. The third-order valence-electron chi connectivity index (χ3n) is 3.15. The highest BCUT2D eigenvalue weighted by molar-refractivity contribution is 4.98. The van der Waals surface area contributed by atoms with Gasteiger partial charge in [0.2, 0.25) is 0 Å². The van der Waals surface area contributed by atoms with E-state index in [0.717, 1.165) is 18.6 Å². The molecule has 1 unspecified atom stereocenters. The summed E-state index contributed by atoms with van der Waals surface area (Å²) < 4.78 is 0. The highest BCUT2D eigenvalue weighted by Crippen LogP contribution is 2.23. The van der Waals surface area contributed by atoms with Gasteiger partial charge in [-0.25, -0.2) is 0 Å². The number of hydrogen-bond donors (Lipinski definition) is 2. The Balaban J connectivity index is 0.000000845. The van der Waals surface area contributed by atoms with E-state index in [1.165, 1.54) is 25.7 Å². The van der Waals surface area contributed by atoms with Gasteiger partial charge in [0.1, 0.15) is 0 Å². The maximum absolute atomic E-state index is 3.73. The molecule has 12 heavy (non-hydrogen) atoms. The summed E-state index contributed by atoms with van der Waals surface area (Å²) in [5.74, 6) is 0. The number of nitrogens with one attached hydrogen (secondary N) is 2. The van der Waals surface area contributed by atoms with Gasteiger partial charge >= 0.3 is 0 Å². The summed E-state index contributed by atoms with van der Waals surface area (Å²) in [6.07, 6.45) is 5.55. The van der Waals surface area contributed by atoms with E-state index < -0.39 is 0 Å². The maximum Gasteiger partial charge on any atom is 0.0252 e. The largest absolute Gasteiger partial charge is 0.311 e. The van der Waals surface area contributed by atoms with Crippen LogP contribution in [0, 0.1) is 0 Å². The van der Waals surface area contributed by atoms with Crippen molar-refractivity contribution in [2.45, 2.75) is 57.2 Å². The van der Waals surface area contributed by atoms with Crippen molar-refractivity contribution in [3.8, 4) is 0 Å². The predicted octanol–water partition coefficient (Wildman–Crippen LogP) is 1.76. The predicted molar refractivity (Wildman–Crippen MR) is 55.5 cm³/mol. The number of piperazine rings is 1. The van der Waals surface area contributed by atoms with Crippen LogP contribution in [0.1, 0.15) is 42.4 Å². The molecule has 2 nitrogen and oxygen atoms in total. The number of hydrogen-bond acceptors (Lipinski definition) is 2. The first-order valence-electron chi connectivity index (χ1n) is 5.18. The van der Waals surface area contributed by atoms with Crippen LogP contribution < -0.4 is 10.6 Å². The SMILES string of the molecule is CC1(C)CN[C@@H]2CCCCC2N1.[HH].[HH]. The fraction of sp³-hybridized carbons (Fsp3) is 1.00. The van der Waals surface area contributed by atoms with E-state index in [2.05, 4.69) is 24.5 Å². The van der Waals surface area contributed by atoms with Crippen molar-refractivity contribution in [3.05, 3.63) is 0 Å². The lowest BCUT2D eigenvalue weighted by Crippen LogP contribution is -2.66. The van der Waals surface area contributed by atoms with Gasteiger partial charge in [0, 0.05) is 27.0 Å². The Morgan fingerprint density at radius 1 is 1.17 bits per heavy atom. The molecule has 1 aliphatic heterocycles. The molecule has 74 valence electrons. The fourth-order valence-corrected chi connectivity index (χ4v) is 2.49. The number of fused-ring (bicyclic) bond motifs is 1. The molecule has 1 aliphatic carbocycles. The summed E-state index contributed by atoms with van der Waals surface area (Å²) in [6, 6.07) is 1.49. The lowest BCUT2D eigenvalue weighted by molar-refractivity contribution is 0.169. The van der Waals surface area contributed by atoms with Crippen LogP contribution in [0.5, 0.6) is 0 Å². The monoisotopic (exact) mass is 172 g/mol. The van der Waals surface area contributed by atoms with Crippen molar-refractivity contribution >= 4 is 0 Å². The molecule has 0 aromatic heterocycles. The van der Waals surface area contributed by atoms with E-state index >= 15 is 0 Å². The first-order valence-corrected chi connectivity index (χ1v) is 5.18. The van der Waals surface area contributed by atoms with Gasteiger partial charge < -0.3 is 10.6 Å². The maximum atomic E-state index is 3.73. The first kappa shape index (κ1) is 8.52. The Hall–Kier alpha value is -0.0800.